The van der Waals surface area contributed by atoms with Crippen LogP contribution in [0, 0.1) is 11.8 Å². The summed E-state index contributed by atoms with van der Waals surface area (Å²) in [5.41, 5.74) is 4.67. The van der Waals surface area contributed by atoms with Crippen LogP contribution >= 0.6 is 0 Å². The molecule has 0 spiro atoms. The van der Waals surface area contributed by atoms with Gasteiger partial charge in [-0.05, 0) is 61.5 Å². The molecular formula is C30H34N4O6. The highest BCUT2D eigenvalue weighted by Crippen LogP contribution is 2.16. The first kappa shape index (κ1) is 31.5. The van der Waals surface area contributed by atoms with E-state index in [4.69, 9.17) is 9.94 Å². The Balaban J connectivity index is 0.00000560. The molecule has 0 bridgehead atoms. The van der Waals surface area contributed by atoms with Crippen LogP contribution in [0.15, 0.2) is 72.8 Å². The maximum atomic E-state index is 12.4. The van der Waals surface area contributed by atoms with Crippen LogP contribution in [0.3, 0.4) is 0 Å². The van der Waals surface area contributed by atoms with Crippen molar-refractivity contribution < 1.29 is 29.4 Å². The Morgan fingerprint density at radius 1 is 0.925 bits per heavy atom. The number of para-hydroxylation sites is 1. The molecule has 40 heavy (non-hydrogen) atoms. The largest absolute Gasteiger partial charge is 0.496 e. The average Bonchev–Trinajstić information content (AvgIpc) is 2.95. The number of amides is 3. The molecule has 10 nitrogen and oxygen atoms in total. The number of methoxy groups -OCH3 is 1. The monoisotopic (exact) mass is 546 g/mol. The van der Waals surface area contributed by atoms with Gasteiger partial charge in [0.25, 0.3) is 11.8 Å². The van der Waals surface area contributed by atoms with E-state index in [0.29, 0.717) is 17.8 Å². The first-order valence-electron chi connectivity index (χ1n) is 12.1. The smallest absolute Gasteiger partial charge is 0.268 e. The highest BCUT2D eigenvalue weighted by molar-refractivity contribution is 5.97. The molecule has 3 aromatic carbocycles. The predicted octanol–water partition coefficient (Wildman–Crippen LogP) is 2.44. The summed E-state index contributed by atoms with van der Waals surface area (Å²) in [6, 6.07) is 19.8. The first-order valence-corrected chi connectivity index (χ1v) is 12.1. The molecule has 3 amide bonds. The standard InChI is InChI=1S/C29H30N4O6.CH4/c1-19(34)27(29(37)33-38)32-28(36)22-13-9-20(10-14-22)7-8-21-11-15-24(16-12-21)31-26(35)18-30-17-23-5-3-4-6-25(23)39-2;/h3-6,9-16,19,27,30,34,38H,17-18H2,1-2H3,(H,31,35)(H,32,36)(H,33,37);1H4/t19-,27+;/m1./s1. The summed E-state index contributed by atoms with van der Waals surface area (Å²) in [6.45, 7) is 1.96. The number of hydrogen-bond acceptors (Lipinski definition) is 7. The van der Waals surface area contributed by atoms with Gasteiger partial charge in [0.2, 0.25) is 5.91 Å². The second-order valence-electron chi connectivity index (χ2n) is 8.54. The minimum absolute atomic E-state index is 0. The number of benzene rings is 3. The fourth-order valence-electron chi connectivity index (χ4n) is 3.55. The van der Waals surface area contributed by atoms with Crippen LogP contribution in [0.25, 0.3) is 0 Å². The number of hydrogen-bond donors (Lipinski definition) is 6. The highest BCUT2D eigenvalue weighted by atomic mass is 16.5. The molecule has 0 radical (unpaired) electrons. The lowest BCUT2D eigenvalue weighted by Gasteiger charge is -2.19. The highest BCUT2D eigenvalue weighted by Gasteiger charge is 2.25. The number of rotatable bonds is 10. The van der Waals surface area contributed by atoms with Crippen LogP contribution in [-0.4, -0.2) is 53.8 Å². The van der Waals surface area contributed by atoms with E-state index in [1.54, 1.807) is 43.5 Å². The van der Waals surface area contributed by atoms with E-state index in [1.165, 1.54) is 24.5 Å². The van der Waals surface area contributed by atoms with Crippen LogP contribution in [0.1, 0.15) is 41.4 Å². The van der Waals surface area contributed by atoms with Crippen molar-refractivity contribution in [3.8, 4) is 17.6 Å². The van der Waals surface area contributed by atoms with E-state index in [1.807, 2.05) is 24.3 Å². The number of aliphatic hydroxyl groups is 1. The summed E-state index contributed by atoms with van der Waals surface area (Å²) in [7, 11) is 1.61. The zero-order chi connectivity index (χ0) is 28.2. The lowest BCUT2D eigenvalue weighted by atomic mass is 10.1. The predicted molar refractivity (Wildman–Crippen MR) is 152 cm³/mol. The molecule has 2 atom stereocenters. The summed E-state index contributed by atoms with van der Waals surface area (Å²) < 4.78 is 5.31. The molecule has 3 rings (SSSR count). The number of ether oxygens (including phenoxy) is 1. The third kappa shape index (κ3) is 9.25. The Kier molecular flexibility index (Phi) is 12.3. The van der Waals surface area contributed by atoms with Crippen LogP contribution in [-0.2, 0) is 16.1 Å². The van der Waals surface area contributed by atoms with Crippen LogP contribution < -0.4 is 26.2 Å². The van der Waals surface area contributed by atoms with E-state index in [9.17, 15) is 19.5 Å². The normalized spacial score (nSPS) is 11.5. The summed E-state index contributed by atoms with van der Waals surface area (Å²) in [6.07, 6.45) is -1.20. The van der Waals surface area contributed by atoms with Gasteiger partial charge in [0.05, 0.1) is 19.8 Å². The van der Waals surface area contributed by atoms with Gasteiger partial charge < -0.3 is 25.8 Å². The molecule has 0 fully saturated rings. The molecule has 6 N–H and O–H groups in total. The van der Waals surface area contributed by atoms with Crippen molar-refractivity contribution in [2.45, 2.75) is 33.0 Å². The summed E-state index contributed by atoms with van der Waals surface area (Å²) >= 11 is 0. The van der Waals surface area contributed by atoms with Gasteiger partial charge >= 0.3 is 0 Å². The number of aliphatic hydroxyl groups excluding tert-OH is 1. The molecular weight excluding hydrogens is 512 g/mol. The fraction of sp³-hybridized carbons (Fsp3) is 0.233. The zero-order valence-electron chi connectivity index (χ0n) is 21.5. The van der Waals surface area contributed by atoms with Crippen molar-refractivity contribution in [1.29, 1.82) is 0 Å². The lowest BCUT2D eigenvalue weighted by Crippen LogP contribution is -2.51. The van der Waals surface area contributed by atoms with Gasteiger partial charge in [0.1, 0.15) is 11.8 Å². The molecule has 0 saturated heterocycles. The van der Waals surface area contributed by atoms with E-state index >= 15 is 0 Å². The number of carbonyl (C=O) groups excluding carboxylic acids is 3. The molecule has 0 aromatic heterocycles. The average molecular weight is 547 g/mol. The van der Waals surface area contributed by atoms with Crippen LogP contribution in [0.5, 0.6) is 5.75 Å². The molecule has 0 unspecified atom stereocenters. The van der Waals surface area contributed by atoms with E-state index in [-0.39, 0.29) is 25.4 Å². The molecule has 0 aliphatic carbocycles. The number of nitrogens with one attached hydrogen (secondary N) is 4. The van der Waals surface area contributed by atoms with Crippen molar-refractivity contribution in [3.63, 3.8) is 0 Å². The van der Waals surface area contributed by atoms with Gasteiger partial charge in [-0.3, -0.25) is 19.6 Å². The molecule has 3 aromatic rings. The van der Waals surface area contributed by atoms with Crippen molar-refractivity contribution >= 4 is 23.4 Å². The Bertz CT molecular complexity index is 1350. The summed E-state index contributed by atoms with van der Waals surface area (Å²) in [5, 5.41) is 26.7. The molecule has 0 heterocycles. The van der Waals surface area contributed by atoms with Crippen LogP contribution in [0.2, 0.25) is 0 Å². The third-order valence-corrected chi connectivity index (χ3v) is 5.62. The third-order valence-electron chi connectivity index (χ3n) is 5.62. The van der Waals surface area contributed by atoms with Gasteiger partial charge in [0, 0.05) is 34.5 Å². The van der Waals surface area contributed by atoms with Gasteiger partial charge in [-0.25, -0.2) is 5.48 Å². The Labute approximate surface area is 233 Å². The minimum atomic E-state index is -1.30. The van der Waals surface area contributed by atoms with E-state index < -0.39 is 24.0 Å². The second kappa shape index (κ2) is 15.7. The number of anilines is 1. The fourth-order valence-corrected chi connectivity index (χ4v) is 3.55. The number of carbonyl (C=O) groups is 3. The molecule has 10 heteroatoms. The SMILES string of the molecule is C.COc1ccccc1CNCC(=O)Nc1ccc(C#Cc2ccc(C(=O)N[C@H](C(=O)NO)[C@@H](C)O)cc2)cc1. The lowest BCUT2D eigenvalue weighted by molar-refractivity contribution is -0.133. The Morgan fingerprint density at radius 2 is 1.52 bits per heavy atom. The zero-order valence-corrected chi connectivity index (χ0v) is 21.5. The summed E-state index contributed by atoms with van der Waals surface area (Å²) in [4.78, 5) is 36.2. The van der Waals surface area contributed by atoms with Gasteiger partial charge in [-0.15, -0.1) is 0 Å². The Hall–Kier alpha value is -4.69. The molecule has 210 valence electrons. The molecule has 0 aliphatic rings. The second-order valence-corrected chi connectivity index (χ2v) is 8.54. The molecule has 0 aliphatic heterocycles. The topological polar surface area (TPSA) is 149 Å². The van der Waals surface area contributed by atoms with Crippen molar-refractivity contribution in [1.82, 2.24) is 16.1 Å². The van der Waals surface area contributed by atoms with E-state index in [0.717, 1.165) is 16.9 Å². The van der Waals surface area contributed by atoms with Gasteiger partial charge in [-0.1, -0.05) is 37.5 Å². The minimum Gasteiger partial charge on any atom is -0.496 e. The van der Waals surface area contributed by atoms with E-state index in [2.05, 4.69) is 27.8 Å². The number of hydroxylamine groups is 1. The van der Waals surface area contributed by atoms with Crippen molar-refractivity contribution in [2.24, 2.45) is 0 Å². The quantitative estimate of drug-likeness (QED) is 0.130. The van der Waals surface area contributed by atoms with Gasteiger partial charge in [0.15, 0.2) is 0 Å². The van der Waals surface area contributed by atoms with Crippen molar-refractivity contribution in [3.05, 3.63) is 95.1 Å². The van der Waals surface area contributed by atoms with Crippen LogP contribution in [0.4, 0.5) is 5.69 Å². The molecule has 0 saturated carbocycles. The first-order chi connectivity index (χ1) is 18.8. The van der Waals surface area contributed by atoms with Crippen molar-refractivity contribution in [2.75, 3.05) is 19.0 Å². The Morgan fingerprint density at radius 3 is 2.10 bits per heavy atom. The summed E-state index contributed by atoms with van der Waals surface area (Å²) in [5.74, 6) is 5.10. The van der Waals surface area contributed by atoms with Gasteiger partial charge in [-0.2, -0.15) is 0 Å². The maximum Gasteiger partial charge on any atom is 0.268 e. The maximum absolute atomic E-state index is 12.4.